The van der Waals surface area contributed by atoms with Gasteiger partial charge in [-0.2, -0.15) is 5.10 Å². The molecule has 0 fully saturated rings. The molecule has 35 heavy (non-hydrogen) atoms. The van der Waals surface area contributed by atoms with Gasteiger partial charge in [0.2, 0.25) is 0 Å². The van der Waals surface area contributed by atoms with Crippen LogP contribution in [0.2, 0.25) is 5.02 Å². The van der Waals surface area contributed by atoms with Crippen LogP contribution in [0.15, 0.2) is 76.3 Å². The summed E-state index contributed by atoms with van der Waals surface area (Å²) in [5, 5.41) is 6.89. The molecule has 10 heteroatoms. The Kier molecular flexibility index (Phi) is 9.39. The third kappa shape index (κ3) is 7.94. The van der Waals surface area contributed by atoms with Crippen LogP contribution < -0.4 is 20.2 Å². The van der Waals surface area contributed by atoms with E-state index in [1.807, 2.05) is 6.92 Å². The van der Waals surface area contributed by atoms with Gasteiger partial charge in [0.1, 0.15) is 11.5 Å². The van der Waals surface area contributed by atoms with E-state index in [9.17, 15) is 14.4 Å². The molecule has 0 aliphatic heterocycles. The molecule has 3 rings (SSSR count). The number of nitrogens with zero attached hydrogens (tertiary/aromatic N) is 1. The van der Waals surface area contributed by atoms with Gasteiger partial charge in [-0.1, -0.05) is 27.5 Å². The van der Waals surface area contributed by atoms with Gasteiger partial charge in [-0.25, -0.2) is 10.2 Å². The number of esters is 1. The summed E-state index contributed by atoms with van der Waals surface area (Å²) in [6.45, 7) is 2.12. The first-order chi connectivity index (χ1) is 16.9. The summed E-state index contributed by atoms with van der Waals surface area (Å²) in [6.07, 6.45) is 1.34. The van der Waals surface area contributed by atoms with E-state index >= 15 is 0 Å². The molecule has 0 bridgehead atoms. The predicted molar refractivity (Wildman–Crippen MR) is 136 cm³/mol. The largest absolute Gasteiger partial charge is 0.494 e. The lowest BCUT2D eigenvalue weighted by Gasteiger charge is -2.09. The minimum atomic E-state index is -0.557. The molecule has 180 valence electrons. The summed E-state index contributed by atoms with van der Waals surface area (Å²) >= 11 is 9.16. The third-order valence-corrected chi connectivity index (χ3v) is 5.23. The van der Waals surface area contributed by atoms with Crippen LogP contribution in [0.3, 0.4) is 0 Å². The Morgan fingerprint density at radius 3 is 2.37 bits per heavy atom. The van der Waals surface area contributed by atoms with Crippen LogP contribution in [0.5, 0.6) is 11.5 Å². The number of hydrogen-bond donors (Lipinski definition) is 2. The fourth-order valence-corrected chi connectivity index (χ4v) is 3.31. The van der Waals surface area contributed by atoms with Gasteiger partial charge in [0.05, 0.1) is 24.9 Å². The molecule has 3 aromatic rings. The second kappa shape index (κ2) is 12.7. The van der Waals surface area contributed by atoms with E-state index in [4.69, 9.17) is 21.1 Å². The third-order valence-electron chi connectivity index (χ3n) is 4.48. The molecule has 2 N–H and O–H groups in total. The van der Waals surface area contributed by atoms with Gasteiger partial charge in [0.25, 0.3) is 11.8 Å². The first kappa shape index (κ1) is 25.9. The number of benzene rings is 3. The van der Waals surface area contributed by atoms with Crippen molar-refractivity contribution >= 4 is 51.5 Å². The van der Waals surface area contributed by atoms with E-state index in [0.29, 0.717) is 34.1 Å². The van der Waals surface area contributed by atoms with Crippen LogP contribution in [0, 0.1) is 0 Å². The second-order valence-corrected chi connectivity index (χ2v) is 8.36. The van der Waals surface area contributed by atoms with Crippen molar-refractivity contribution in [2.45, 2.75) is 6.92 Å². The lowest BCUT2D eigenvalue weighted by Crippen LogP contribution is -2.34. The van der Waals surface area contributed by atoms with E-state index in [1.165, 1.54) is 6.21 Å². The van der Waals surface area contributed by atoms with Crippen molar-refractivity contribution in [3.63, 3.8) is 0 Å². The quantitative estimate of drug-likeness (QED) is 0.173. The minimum Gasteiger partial charge on any atom is -0.494 e. The highest BCUT2D eigenvalue weighted by Crippen LogP contribution is 2.23. The normalized spacial score (nSPS) is 10.6. The standard InChI is InChI=1S/C25H21BrClN3O5/c1-2-34-21-10-5-17(6-11-21)25(33)35-22-12-7-19(26)13-18(22)14-29-30-23(31)15-28-24(32)16-3-8-20(27)9-4-16/h3-14H,2,15H2,1H3,(H,28,32)(H,30,31). The Bertz CT molecular complexity index is 1230. The van der Waals surface area contributed by atoms with Crippen LogP contribution in [0.25, 0.3) is 0 Å². The van der Waals surface area contributed by atoms with Crippen molar-refractivity contribution in [3.05, 3.63) is 92.9 Å². The summed E-state index contributed by atoms with van der Waals surface area (Å²) < 4.78 is 11.6. The van der Waals surface area contributed by atoms with Gasteiger partial charge in [-0.15, -0.1) is 0 Å². The number of carbonyl (C=O) groups is 3. The maximum atomic E-state index is 12.6. The van der Waals surface area contributed by atoms with Gasteiger partial charge >= 0.3 is 5.97 Å². The van der Waals surface area contributed by atoms with Gasteiger partial charge in [-0.05, 0) is 73.7 Å². The molecular weight excluding hydrogens is 538 g/mol. The Balaban J connectivity index is 1.58. The fourth-order valence-electron chi connectivity index (χ4n) is 2.80. The molecule has 0 spiro atoms. The average molecular weight is 559 g/mol. The molecule has 8 nitrogen and oxygen atoms in total. The molecule has 0 atom stereocenters. The summed E-state index contributed by atoms with van der Waals surface area (Å²) in [7, 11) is 0. The molecule has 3 aromatic carbocycles. The highest BCUT2D eigenvalue weighted by molar-refractivity contribution is 9.10. The lowest BCUT2D eigenvalue weighted by atomic mass is 10.2. The first-order valence-corrected chi connectivity index (χ1v) is 11.6. The number of hydrogen-bond acceptors (Lipinski definition) is 6. The SMILES string of the molecule is CCOc1ccc(C(=O)Oc2ccc(Br)cc2C=NNC(=O)CNC(=O)c2ccc(Cl)cc2)cc1. The number of carbonyl (C=O) groups excluding carboxylic acids is 3. The zero-order valence-electron chi connectivity index (χ0n) is 18.6. The summed E-state index contributed by atoms with van der Waals surface area (Å²) in [6, 6.07) is 17.9. The fraction of sp³-hybridized carbons (Fsp3) is 0.120. The Hall–Kier alpha value is -3.69. The Morgan fingerprint density at radius 1 is 1.00 bits per heavy atom. The molecule has 0 aromatic heterocycles. The number of nitrogens with one attached hydrogen (secondary N) is 2. The van der Waals surface area contributed by atoms with Crippen molar-refractivity contribution in [1.82, 2.24) is 10.7 Å². The lowest BCUT2D eigenvalue weighted by molar-refractivity contribution is -0.120. The molecular formula is C25H21BrClN3O5. The molecule has 0 radical (unpaired) electrons. The monoisotopic (exact) mass is 557 g/mol. The van der Waals surface area contributed by atoms with Crippen molar-refractivity contribution in [2.75, 3.05) is 13.2 Å². The maximum Gasteiger partial charge on any atom is 0.343 e. The number of halogens is 2. The molecule has 0 saturated heterocycles. The number of ether oxygens (including phenoxy) is 2. The molecule has 0 aliphatic rings. The Morgan fingerprint density at radius 2 is 1.69 bits per heavy atom. The molecule has 0 aliphatic carbocycles. The zero-order valence-corrected chi connectivity index (χ0v) is 20.9. The number of amides is 2. The van der Waals surface area contributed by atoms with Crippen LogP contribution in [0.1, 0.15) is 33.2 Å². The minimum absolute atomic E-state index is 0.251. The smallest absolute Gasteiger partial charge is 0.343 e. The van der Waals surface area contributed by atoms with E-state index in [-0.39, 0.29) is 12.3 Å². The first-order valence-electron chi connectivity index (χ1n) is 10.5. The van der Waals surface area contributed by atoms with Crippen molar-refractivity contribution in [2.24, 2.45) is 5.10 Å². The van der Waals surface area contributed by atoms with Crippen molar-refractivity contribution in [3.8, 4) is 11.5 Å². The van der Waals surface area contributed by atoms with Crippen molar-refractivity contribution in [1.29, 1.82) is 0 Å². The van der Waals surface area contributed by atoms with Crippen LogP contribution in [-0.2, 0) is 4.79 Å². The second-order valence-electron chi connectivity index (χ2n) is 7.01. The van der Waals surface area contributed by atoms with Gasteiger partial charge < -0.3 is 14.8 Å². The molecule has 0 unspecified atom stereocenters. The van der Waals surface area contributed by atoms with E-state index in [0.717, 1.165) is 4.47 Å². The maximum absolute atomic E-state index is 12.6. The summed E-state index contributed by atoms with van der Waals surface area (Å²) in [4.78, 5) is 36.7. The highest BCUT2D eigenvalue weighted by atomic mass is 79.9. The predicted octanol–water partition coefficient (Wildman–Crippen LogP) is 4.60. The summed E-state index contributed by atoms with van der Waals surface area (Å²) in [5.41, 5.74) is 3.50. The average Bonchev–Trinajstić information content (AvgIpc) is 2.85. The zero-order chi connectivity index (χ0) is 25.2. The highest BCUT2D eigenvalue weighted by Gasteiger charge is 2.12. The molecule has 0 saturated carbocycles. The van der Waals surface area contributed by atoms with Gasteiger partial charge in [-0.3, -0.25) is 9.59 Å². The van der Waals surface area contributed by atoms with E-state index < -0.39 is 17.8 Å². The van der Waals surface area contributed by atoms with Crippen LogP contribution in [-0.4, -0.2) is 37.1 Å². The van der Waals surface area contributed by atoms with Crippen LogP contribution >= 0.6 is 27.5 Å². The summed E-state index contributed by atoms with van der Waals surface area (Å²) in [5.74, 6) is -0.608. The van der Waals surface area contributed by atoms with E-state index in [2.05, 4.69) is 31.8 Å². The molecule has 2 amide bonds. The molecule has 0 heterocycles. The Labute approximate surface area is 215 Å². The topological polar surface area (TPSA) is 106 Å². The number of rotatable bonds is 9. The van der Waals surface area contributed by atoms with E-state index in [1.54, 1.807) is 66.7 Å². The number of hydrazone groups is 1. The van der Waals surface area contributed by atoms with Gasteiger partial charge in [0.15, 0.2) is 0 Å². The van der Waals surface area contributed by atoms with Gasteiger partial charge in [0, 0.05) is 20.6 Å². The van der Waals surface area contributed by atoms with Crippen molar-refractivity contribution < 1.29 is 23.9 Å². The van der Waals surface area contributed by atoms with Crippen LogP contribution in [0.4, 0.5) is 0 Å².